The summed E-state index contributed by atoms with van der Waals surface area (Å²) in [6.45, 7) is 2.74. The monoisotopic (exact) mass is 319 g/mol. The van der Waals surface area contributed by atoms with Crippen LogP contribution < -0.4 is 5.32 Å². The minimum Gasteiger partial charge on any atom is -0.350 e. The van der Waals surface area contributed by atoms with E-state index in [0.29, 0.717) is 17.7 Å². The van der Waals surface area contributed by atoms with Gasteiger partial charge >= 0.3 is 0 Å². The van der Waals surface area contributed by atoms with Crippen molar-refractivity contribution >= 4 is 5.91 Å². The Balaban J connectivity index is 1.68. The third-order valence-corrected chi connectivity index (χ3v) is 4.50. The molecule has 0 spiro atoms. The summed E-state index contributed by atoms with van der Waals surface area (Å²) in [5, 5.41) is 11.9. The highest BCUT2D eigenvalue weighted by molar-refractivity contribution is 5.94. The van der Waals surface area contributed by atoms with E-state index < -0.39 is 0 Å². The molecule has 0 aromatic heterocycles. The maximum atomic E-state index is 12.4. The molecule has 1 fully saturated rings. The number of likely N-dealkylation sites (tertiary alicyclic amines) is 1. The maximum absolute atomic E-state index is 12.4. The second-order valence-electron chi connectivity index (χ2n) is 6.07. The van der Waals surface area contributed by atoms with Crippen molar-refractivity contribution in [2.24, 2.45) is 0 Å². The molecule has 1 aliphatic heterocycles. The van der Waals surface area contributed by atoms with Gasteiger partial charge in [-0.25, -0.2) is 0 Å². The maximum Gasteiger partial charge on any atom is 0.251 e. The highest BCUT2D eigenvalue weighted by atomic mass is 16.1. The van der Waals surface area contributed by atoms with Crippen LogP contribution in [0.5, 0.6) is 0 Å². The number of nitriles is 1. The average Bonchev–Trinajstić information content (AvgIpc) is 3.17. The first-order valence-electron chi connectivity index (χ1n) is 8.35. The largest absolute Gasteiger partial charge is 0.350 e. The predicted octanol–water partition coefficient (Wildman–Crippen LogP) is 3.13. The summed E-state index contributed by atoms with van der Waals surface area (Å²) in [5.74, 6) is -0.0976. The van der Waals surface area contributed by atoms with Gasteiger partial charge in [0.15, 0.2) is 0 Å². The molecule has 0 unspecified atom stereocenters. The average molecular weight is 319 g/mol. The van der Waals surface area contributed by atoms with Crippen molar-refractivity contribution in [1.29, 1.82) is 5.26 Å². The smallest absolute Gasteiger partial charge is 0.251 e. The standard InChI is InChI=1S/C20H21N3O/c21-14-16-8-10-18(11-9-16)20(24)22-15-19(23-12-4-5-13-23)17-6-2-1-3-7-17/h1-3,6-11,19H,4-5,12-13,15H2,(H,22,24)/t19-/m1/s1. The first kappa shape index (κ1) is 16.2. The lowest BCUT2D eigenvalue weighted by Crippen LogP contribution is -2.36. The minimum atomic E-state index is -0.0976. The molecule has 1 atom stereocenters. The quantitative estimate of drug-likeness (QED) is 0.921. The Labute approximate surface area is 142 Å². The van der Waals surface area contributed by atoms with E-state index >= 15 is 0 Å². The van der Waals surface area contributed by atoms with E-state index in [4.69, 9.17) is 5.26 Å². The second kappa shape index (κ2) is 7.76. The Morgan fingerprint density at radius 2 is 1.75 bits per heavy atom. The van der Waals surface area contributed by atoms with Gasteiger partial charge in [-0.1, -0.05) is 30.3 Å². The first-order chi connectivity index (χ1) is 11.8. The Bertz CT molecular complexity index is 713. The van der Waals surface area contributed by atoms with E-state index in [9.17, 15) is 4.79 Å². The van der Waals surface area contributed by atoms with Crippen LogP contribution >= 0.6 is 0 Å². The molecule has 4 nitrogen and oxygen atoms in total. The lowest BCUT2D eigenvalue weighted by molar-refractivity contribution is 0.0938. The van der Waals surface area contributed by atoms with Crippen LogP contribution in [0.4, 0.5) is 0 Å². The lowest BCUT2D eigenvalue weighted by atomic mass is 10.1. The number of rotatable bonds is 5. The van der Waals surface area contributed by atoms with E-state index in [1.807, 2.05) is 18.2 Å². The fraction of sp³-hybridized carbons (Fsp3) is 0.300. The molecule has 2 aromatic rings. The summed E-state index contributed by atoms with van der Waals surface area (Å²) in [4.78, 5) is 14.8. The SMILES string of the molecule is N#Cc1ccc(C(=O)NC[C@H](c2ccccc2)N2CCCC2)cc1. The summed E-state index contributed by atoms with van der Waals surface area (Å²) in [7, 11) is 0. The summed E-state index contributed by atoms with van der Waals surface area (Å²) >= 11 is 0. The zero-order valence-electron chi connectivity index (χ0n) is 13.6. The van der Waals surface area contributed by atoms with Crippen molar-refractivity contribution in [3.8, 4) is 6.07 Å². The van der Waals surface area contributed by atoms with Gasteiger partial charge in [-0.3, -0.25) is 9.69 Å². The molecule has 2 aromatic carbocycles. The van der Waals surface area contributed by atoms with Crippen LogP contribution in [0, 0.1) is 11.3 Å². The van der Waals surface area contributed by atoms with Crippen molar-refractivity contribution in [1.82, 2.24) is 10.2 Å². The van der Waals surface area contributed by atoms with E-state index in [2.05, 4.69) is 28.4 Å². The molecular weight excluding hydrogens is 298 g/mol. The van der Waals surface area contributed by atoms with Crippen molar-refractivity contribution in [3.05, 3.63) is 71.3 Å². The third-order valence-electron chi connectivity index (χ3n) is 4.50. The number of carbonyl (C=O) groups excluding carboxylic acids is 1. The molecule has 1 saturated heterocycles. The summed E-state index contributed by atoms with van der Waals surface area (Å²) in [6.07, 6.45) is 2.43. The summed E-state index contributed by atoms with van der Waals surface area (Å²) < 4.78 is 0. The van der Waals surface area contributed by atoms with E-state index in [1.165, 1.54) is 18.4 Å². The van der Waals surface area contributed by atoms with Gasteiger partial charge in [0.1, 0.15) is 0 Å². The summed E-state index contributed by atoms with van der Waals surface area (Å²) in [6, 6.07) is 19.3. The van der Waals surface area contributed by atoms with E-state index in [0.717, 1.165) is 13.1 Å². The third kappa shape index (κ3) is 3.81. The normalized spacial score (nSPS) is 15.6. The number of nitrogens with one attached hydrogen (secondary N) is 1. The highest BCUT2D eigenvalue weighted by Crippen LogP contribution is 2.24. The van der Waals surface area contributed by atoms with Crippen molar-refractivity contribution in [2.45, 2.75) is 18.9 Å². The molecule has 0 bridgehead atoms. The van der Waals surface area contributed by atoms with Gasteiger partial charge in [-0.15, -0.1) is 0 Å². The Kier molecular flexibility index (Phi) is 5.25. The van der Waals surface area contributed by atoms with Crippen LogP contribution in [0.1, 0.15) is 40.4 Å². The van der Waals surface area contributed by atoms with Gasteiger partial charge in [0.25, 0.3) is 5.91 Å². The van der Waals surface area contributed by atoms with Gasteiger partial charge < -0.3 is 5.32 Å². The number of hydrogen-bond acceptors (Lipinski definition) is 3. The van der Waals surface area contributed by atoms with Crippen molar-refractivity contribution in [2.75, 3.05) is 19.6 Å². The van der Waals surface area contributed by atoms with Crippen LogP contribution in [0.25, 0.3) is 0 Å². The van der Waals surface area contributed by atoms with Crippen LogP contribution in [-0.2, 0) is 0 Å². The molecule has 4 heteroatoms. The highest BCUT2D eigenvalue weighted by Gasteiger charge is 2.23. The predicted molar refractivity (Wildman–Crippen MR) is 93.5 cm³/mol. The molecule has 1 aliphatic rings. The number of carbonyl (C=O) groups is 1. The number of benzene rings is 2. The number of hydrogen-bond donors (Lipinski definition) is 1. The van der Waals surface area contributed by atoms with Crippen molar-refractivity contribution in [3.63, 3.8) is 0 Å². The fourth-order valence-electron chi connectivity index (χ4n) is 3.17. The molecule has 1 N–H and O–H groups in total. The van der Waals surface area contributed by atoms with Gasteiger partial charge in [0, 0.05) is 12.1 Å². The second-order valence-corrected chi connectivity index (χ2v) is 6.07. The van der Waals surface area contributed by atoms with Crippen LogP contribution in [0.3, 0.4) is 0 Å². The van der Waals surface area contributed by atoms with Crippen LogP contribution in [0.15, 0.2) is 54.6 Å². The molecule has 3 rings (SSSR count). The zero-order valence-corrected chi connectivity index (χ0v) is 13.6. The van der Waals surface area contributed by atoms with E-state index in [-0.39, 0.29) is 11.9 Å². The Morgan fingerprint density at radius 3 is 2.38 bits per heavy atom. The van der Waals surface area contributed by atoms with Crippen LogP contribution in [-0.4, -0.2) is 30.4 Å². The lowest BCUT2D eigenvalue weighted by Gasteiger charge is -2.28. The molecule has 24 heavy (non-hydrogen) atoms. The number of nitrogens with zero attached hydrogens (tertiary/aromatic N) is 2. The zero-order chi connectivity index (χ0) is 16.8. The van der Waals surface area contributed by atoms with Gasteiger partial charge in [0.2, 0.25) is 0 Å². The minimum absolute atomic E-state index is 0.0976. The molecule has 1 amide bonds. The first-order valence-corrected chi connectivity index (χ1v) is 8.35. The van der Waals surface area contributed by atoms with Gasteiger partial charge in [0.05, 0.1) is 17.7 Å². The Hall–Kier alpha value is -2.64. The molecule has 0 aliphatic carbocycles. The molecule has 0 radical (unpaired) electrons. The van der Waals surface area contributed by atoms with Gasteiger partial charge in [-0.05, 0) is 55.8 Å². The van der Waals surface area contributed by atoms with E-state index in [1.54, 1.807) is 24.3 Å². The molecule has 1 heterocycles. The number of amides is 1. The van der Waals surface area contributed by atoms with Crippen LogP contribution in [0.2, 0.25) is 0 Å². The fourth-order valence-corrected chi connectivity index (χ4v) is 3.17. The molecular formula is C20H21N3O. The Morgan fingerprint density at radius 1 is 1.08 bits per heavy atom. The van der Waals surface area contributed by atoms with Crippen molar-refractivity contribution < 1.29 is 4.79 Å². The van der Waals surface area contributed by atoms with Gasteiger partial charge in [-0.2, -0.15) is 5.26 Å². The summed E-state index contributed by atoms with van der Waals surface area (Å²) in [5.41, 5.74) is 2.38. The topological polar surface area (TPSA) is 56.1 Å². The molecule has 0 saturated carbocycles. The molecule has 122 valence electrons.